The van der Waals surface area contributed by atoms with Crippen molar-refractivity contribution in [2.24, 2.45) is 5.92 Å². The molecule has 0 bridgehead atoms. The third kappa shape index (κ3) is 3.70. The molecule has 1 saturated carbocycles. The zero-order chi connectivity index (χ0) is 13.8. The van der Waals surface area contributed by atoms with E-state index in [1.54, 1.807) is 0 Å². The summed E-state index contributed by atoms with van der Waals surface area (Å²) in [5.41, 5.74) is 2.04. The summed E-state index contributed by atoms with van der Waals surface area (Å²) < 4.78 is 0. The van der Waals surface area contributed by atoms with Crippen LogP contribution >= 0.6 is 0 Å². The predicted octanol–water partition coefficient (Wildman–Crippen LogP) is 2.89. The van der Waals surface area contributed by atoms with Crippen molar-refractivity contribution in [2.45, 2.75) is 38.8 Å². The zero-order valence-corrected chi connectivity index (χ0v) is 11.9. The maximum atomic E-state index is 11.8. The van der Waals surface area contributed by atoms with Crippen molar-refractivity contribution in [3.63, 3.8) is 0 Å². The highest BCUT2D eigenvalue weighted by Crippen LogP contribution is 2.33. The third-order valence-corrected chi connectivity index (χ3v) is 3.87. The number of nitrogens with one attached hydrogen (secondary N) is 3. The summed E-state index contributed by atoms with van der Waals surface area (Å²) in [5.74, 6) is 0.671. The lowest BCUT2D eigenvalue weighted by Gasteiger charge is -2.12. The van der Waals surface area contributed by atoms with Gasteiger partial charge >= 0.3 is 6.03 Å². The van der Waals surface area contributed by atoms with E-state index >= 15 is 0 Å². The van der Waals surface area contributed by atoms with Gasteiger partial charge in [0.05, 0.1) is 0 Å². The number of hydrogen-bond donors (Lipinski definition) is 3. The van der Waals surface area contributed by atoms with Crippen molar-refractivity contribution < 1.29 is 4.79 Å². The van der Waals surface area contributed by atoms with Crippen molar-refractivity contribution in [1.29, 1.82) is 0 Å². The SMILES string of the molecule is CCC1CC1NC(=O)Nc1ccc(C(C)NC)cc1. The van der Waals surface area contributed by atoms with Gasteiger partial charge in [-0.1, -0.05) is 25.5 Å². The molecule has 2 rings (SSSR count). The van der Waals surface area contributed by atoms with E-state index < -0.39 is 0 Å². The van der Waals surface area contributed by atoms with Gasteiger partial charge in [0.1, 0.15) is 0 Å². The Hall–Kier alpha value is -1.55. The van der Waals surface area contributed by atoms with Gasteiger partial charge in [0.2, 0.25) is 0 Å². The van der Waals surface area contributed by atoms with Crippen LogP contribution in [0.5, 0.6) is 0 Å². The van der Waals surface area contributed by atoms with Crippen molar-refractivity contribution >= 4 is 11.7 Å². The van der Waals surface area contributed by atoms with E-state index in [9.17, 15) is 4.79 Å². The molecule has 1 fully saturated rings. The van der Waals surface area contributed by atoms with Gasteiger partial charge in [-0.15, -0.1) is 0 Å². The molecule has 3 N–H and O–H groups in total. The maximum Gasteiger partial charge on any atom is 0.319 e. The number of hydrogen-bond acceptors (Lipinski definition) is 2. The van der Waals surface area contributed by atoms with Gasteiger partial charge < -0.3 is 16.0 Å². The first-order valence-corrected chi connectivity index (χ1v) is 6.98. The van der Waals surface area contributed by atoms with Gasteiger partial charge in [-0.05, 0) is 44.0 Å². The van der Waals surface area contributed by atoms with E-state index in [-0.39, 0.29) is 6.03 Å². The Morgan fingerprint density at radius 2 is 2.05 bits per heavy atom. The minimum absolute atomic E-state index is 0.102. The molecule has 1 aromatic carbocycles. The van der Waals surface area contributed by atoms with Crippen LogP contribution in [0.25, 0.3) is 0 Å². The Balaban J connectivity index is 1.84. The fourth-order valence-electron chi connectivity index (χ4n) is 2.23. The standard InChI is InChI=1S/C15H23N3O/c1-4-11-9-14(11)18-15(19)17-13-7-5-12(6-8-13)10(2)16-3/h5-8,10-11,14,16H,4,9H2,1-3H3,(H2,17,18,19). The summed E-state index contributed by atoms with van der Waals surface area (Å²) in [5, 5.41) is 9.05. The van der Waals surface area contributed by atoms with Crippen LogP contribution in [0, 0.1) is 5.92 Å². The number of carbonyl (C=O) groups is 1. The van der Waals surface area contributed by atoms with Crippen molar-refractivity contribution in [3.05, 3.63) is 29.8 Å². The monoisotopic (exact) mass is 261 g/mol. The Bertz CT molecular complexity index is 430. The second-order valence-corrected chi connectivity index (χ2v) is 5.24. The van der Waals surface area contributed by atoms with Gasteiger partial charge in [-0.2, -0.15) is 0 Å². The average molecular weight is 261 g/mol. The lowest BCUT2D eigenvalue weighted by molar-refractivity contribution is 0.251. The molecule has 3 atom stereocenters. The molecule has 0 saturated heterocycles. The number of anilines is 1. The van der Waals surface area contributed by atoms with Gasteiger partial charge in [0, 0.05) is 17.8 Å². The predicted molar refractivity (Wildman–Crippen MR) is 78.3 cm³/mol. The molecule has 0 aliphatic heterocycles. The van der Waals surface area contributed by atoms with E-state index in [4.69, 9.17) is 0 Å². The molecule has 0 radical (unpaired) electrons. The van der Waals surface area contributed by atoms with Crippen LogP contribution in [-0.4, -0.2) is 19.1 Å². The Kier molecular flexibility index (Phi) is 4.43. The zero-order valence-electron chi connectivity index (χ0n) is 11.9. The molecule has 4 nitrogen and oxygen atoms in total. The van der Waals surface area contributed by atoms with Crippen LogP contribution in [0.3, 0.4) is 0 Å². The quantitative estimate of drug-likeness (QED) is 0.763. The Morgan fingerprint density at radius 1 is 1.37 bits per heavy atom. The van der Waals surface area contributed by atoms with E-state index in [1.165, 1.54) is 5.56 Å². The molecule has 0 heterocycles. The van der Waals surface area contributed by atoms with E-state index in [2.05, 4.69) is 29.8 Å². The third-order valence-electron chi connectivity index (χ3n) is 3.87. The van der Waals surface area contributed by atoms with Gasteiger partial charge in [0.25, 0.3) is 0 Å². The molecular formula is C15H23N3O. The molecular weight excluding hydrogens is 238 g/mol. The number of rotatable bonds is 5. The highest BCUT2D eigenvalue weighted by atomic mass is 16.2. The molecule has 1 aliphatic rings. The van der Waals surface area contributed by atoms with Gasteiger partial charge in [-0.25, -0.2) is 4.79 Å². The molecule has 0 aromatic heterocycles. The first-order valence-electron chi connectivity index (χ1n) is 6.98. The average Bonchev–Trinajstić information content (AvgIpc) is 3.16. The smallest absolute Gasteiger partial charge is 0.319 e. The molecule has 3 unspecified atom stereocenters. The van der Waals surface area contributed by atoms with Crippen molar-refractivity contribution in [1.82, 2.24) is 10.6 Å². The molecule has 19 heavy (non-hydrogen) atoms. The fraction of sp³-hybridized carbons (Fsp3) is 0.533. The van der Waals surface area contributed by atoms with Crippen LogP contribution in [0.2, 0.25) is 0 Å². The van der Waals surface area contributed by atoms with E-state index in [0.29, 0.717) is 18.0 Å². The molecule has 104 valence electrons. The van der Waals surface area contributed by atoms with Gasteiger partial charge in [-0.3, -0.25) is 0 Å². The summed E-state index contributed by atoms with van der Waals surface area (Å²) in [7, 11) is 1.93. The van der Waals surface area contributed by atoms with Crippen LogP contribution in [-0.2, 0) is 0 Å². The molecule has 2 amide bonds. The minimum Gasteiger partial charge on any atom is -0.335 e. The van der Waals surface area contributed by atoms with Crippen LogP contribution in [0.4, 0.5) is 10.5 Å². The summed E-state index contributed by atoms with van der Waals surface area (Å²) in [6.45, 7) is 4.26. The summed E-state index contributed by atoms with van der Waals surface area (Å²) >= 11 is 0. The topological polar surface area (TPSA) is 53.2 Å². The number of carbonyl (C=O) groups excluding carboxylic acids is 1. The van der Waals surface area contributed by atoms with Crippen molar-refractivity contribution in [2.75, 3.05) is 12.4 Å². The molecule has 1 aliphatic carbocycles. The second kappa shape index (κ2) is 6.06. The van der Waals surface area contributed by atoms with Crippen LogP contribution in [0.15, 0.2) is 24.3 Å². The summed E-state index contributed by atoms with van der Waals surface area (Å²) in [4.78, 5) is 11.8. The second-order valence-electron chi connectivity index (χ2n) is 5.24. The fourth-order valence-corrected chi connectivity index (χ4v) is 2.23. The molecule has 1 aromatic rings. The Morgan fingerprint density at radius 3 is 2.58 bits per heavy atom. The lowest BCUT2D eigenvalue weighted by Crippen LogP contribution is -2.31. The van der Waals surface area contributed by atoms with E-state index in [1.807, 2.05) is 31.3 Å². The number of urea groups is 1. The highest BCUT2D eigenvalue weighted by Gasteiger charge is 2.36. The normalized spacial score (nSPS) is 22.7. The summed E-state index contributed by atoms with van der Waals surface area (Å²) in [6, 6.07) is 8.52. The minimum atomic E-state index is -0.102. The lowest BCUT2D eigenvalue weighted by atomic mass is 10.1. The number of benzene rings is 1. The first kappa shape index (κ1) is 13.9. The first-order chi connectivity index (χ1) is 9.13. The molecule has 4 heteroatoms. The Labute approximate surface area is 115 Å². The largest absolute Gasteiger partial charge is 0.335 e. The van der Waals surface area contributed by atoms with Crippen molar-refractivity contribution in [3.8, 4) is 0 Å². The highest BCUT2D eigenvalue weighted by molar-refractivity contribution is 5.89. The maximum absolute atomic E-state index is 11.8. The van der Waals surface area contributed by atoms with E-state index in [0.717, 1.165) is 18.5 Å². The number of amides is 2. The van der Waals surface area contributed by atoms with Gasteiger partial charge in [0.15, 0.2) is 0 Å². The van der Waals surface area contributed by atoms with Crippen LogP contribution in [0.1, 0.15) is 38.3 Å². The summed E-state index contributed by atoms with van der Waals surface area (Å²) in [6.07, 6.45) is 2.25. The van der Waals surface area contributed by atoms with Crippen LogP contribution < -0.4 is 16.0 Å². The molecule has 0 spiro atoms.